The van der Waals surface area contributed by atoms with E-state index >= 15 is 0 Å². The molecule has 5 nitrogen and oxygen atoms in total. The molecule has 0 saturated carbocycles. The van der Waals surface area contributed by atoms with Gasteiger partial charge in [0.05, 0.1) is 26.8 Å². The number of nitrogens with zero attached hydrogens (tertiary/aromatic N) is 4. The average Bonchev–Trinajstić information content (AvgIpc) is 2.87. The van der Waals surface area contributed by atoms with Gasteiger partial charge in [-0.2, -0.15) is 0 Å². The topological polar surface area (TPSA) is 49.3 Å². The molecule has 4 aromatic rings. The van der Waals surface area contributed by atoms with E-state index in [4.69, 9.17) is 39.8 Å². The number of aryl methyl sites for hydroxylation is 1. The Bertz CT molecular complexity index is 1390. The molecule has 0 unspecified atom stereocenters. The molecule has 0 atom stereocenters. The highest BCUT2D eigenvalue weighted by Gasteiger charge is 2.25. The Morgan fingerprint density at radius 1 is 0.912 bits per heavy atom. The molecular weight excluding hydrogens is 491 g/mol. The van der Waals surface area contributed by atoms with Gasteiger partial charge in [-0.1, -0.05) is 40.9 Å². The van der Waals surface area contributed by atoms with E-state index in [2.05, 4.69) is 9.88 Å². The number of aromatic nitrogens is 2. The van der Waals surface area contributed by atoms with E-state index < -0.39 is 0 Å². The Hall–Kier alpha value is -2.86. The van der Waals surface area contributed by atoms with Crippen LogP contribution in [-0.4, -0.2) is 47.0 Å². The van der Waals surface area contributed by atoms with E-state index in [1.54, 1.807) is 18.5 Å². The molecule has 1 aliphatic heterocycles. The standard InChI is InChI=1S/C26H21Cl3N4O/c1-16-21(27)7-5-19-20(14-24(31-25(16)19)17-3-2-8-30-15-17)26(34)33-11-9-32(10-12-33)18-4-6-22(28)23(29)13-18/h2-8,13-15H,9-12H2,1H3. The summed E-state index contributed by atoms with van der Waals surface area (Å²) in [5.41, 5.74) is 4.74. The van der Waals surface area contributed by atoms with Crippen LogP contribution in [0.3, 0.4) is 0 Å². The average molecular weight is 512 g/mol. The van der Waals surface area contributed by atoms with Crippen LogP contribution < -0.4 is 4.90 Å². The third kappa shape index (κ3) is 4.31. The zero-order valence-corrected chi connectivity index (χ0v) is 20.7. The minimum Gasteiger partial charge on any atom is -0.368 e. The quantitative estimate of drug-likeness (QED) is 0.314. The Morgan fingerprint density at radius 3 is 2.38 bits per heavy atom. The Balaban J connectivity index is 1.47. The number of hydrogen-bond donors (Lipinski definition) is 0. The summed E-state index contributed by atoms with van der Waals surface area (Å²) in [6.07, 6.45) is 3.46. The second-order valence-corrected chi connectivity index (χ2v) is 9.46. The maximum absolute atomic E-state index is 13.7. The third-order valence-corrected chi connectivity index (χ3v) is 7.34. The zero-order chi connectivity index (χ0) is 23.8. The van der Waals surface area contributed by atoms with E-state index in [1.807, 2.05) is 54.3 Å². The van der Waals surface area contributed by atoms with Crippen molar-refractivity contribution in [3.63, 3.8) is 0 Å². The predicted molar refractivity (Wildman–Crippen MR) is 139 cm³/mol. The number of halogens is 3. The number of benzene rings is 2. The highest BCUT2D eigenvalue weighted by Crippen LogP contribution is 2.32. The second-order valence-electron chi connectivity index (χ2n) is 8.24. The summed E-state index contributed by atoms with van der Waals surface area (Å²) in [6, 6.07) is 15.0. The van der Waals surface area contributed by atoms with Crippen LogP contribution in [-0.2, 0) is 0 Å². The van der Waals surface area contributed by atoms with Crippen molar-refractivity contribution < 1.29 is 4.79 Å². The molecular formula is C26H21Cl3N4O. The fraction of sp³-hybridized carbons (Fsp3) is 0.192. The van der Waals surface area contributed by atoms with Gasteiger partial charge >= 0.3 is 0 Å². The molecule has 1 fully saturated rings. The van der Waals surface area contributed by atoms with E-state index in [0.29, 0.717) is 52.5 Å². The van der Waals surface area contributed by atoms with Gasteiger partial charge in [0.2, 0.25) is 0 Å². The molecule has 5 rings (SSSR count). The van der Waals surface area contributed by atoms with Crippen molar-refractivity contribution in [3.8, 4) is 11.3 Å². The first-order valence-corrected chi connectivity index (χ1v) is 12.1. The second kappa shape index (κ2) is 9.41. The van der Waals surface area contributed by atoms with Crippen molar-refractivity contribution in [2.24, 2.45) is 0 Å². The number of hydrogen-bond acceptors (Lipinski definition) is 4. The summed E-state index contributed by atoms with van der Waals surface area (Å²) in [6.45, 7) is 4.52. The number of carbonyl (C=O) groups excluding carboxylic acids is 1. The van der Waals surface area contributed by atoms with Crippen molar-refractivity contribution in [2.45, 2.75) is 6.92 Å². The molecule has 2 aromatic heterocycles. The zero-order valence-electron chi connectivity index (χ0n) is 18.4. The molecule has 8 heteroatoms. The van der Waals surface area contributed by atoms with Gasteiger partial charge in [-0.15, -0.1) is 0 Å². The van der Waals surface area contributed by atoms with Crippen LogP contribution in [0.25, 0.3) is 22.2 Å². The molecule has 0 aliphatic carbocycles. The molecule has 0 radical (unpaired) electrons. The molecule has 1 saturated heterocycles. The fourth-order valence-electron chi connectivity index (χ4n) is 4.26. The summed E-state index contributed by atoms with van der Waals surface area (Å²) in [4.78, 5) is 26.9. The lowest BCUT2D eigenvalue weighted by molar-refractivity contribution is 0.0748. The van der Waals surface area contributed by atoms with Gasteiger partial charge in [0.25, 0.3) is 5.91 Å². The first-order valence-electron chi connectivity index (χ1n) is 10.9. The molecule has 3 heterocycles. The van der Waals surface area contributed by atoms with Gasteiger partial charge in [-0.25, -0.2) is 4.98 Å². The van der Waals surface area contributed by atoms with Crippen LogP contribution in [0, 0.1) is 6.92 Å². The minimum absolute atomic E-state index is 0.0203. The van der Waals surface area contributed by atoms with E-state index in [9.17, 15) is 4.79 Å². The molecule has 1 amide bonds. The van der Waals surface area contributed by atoms with E-state index in [-0.39, 0.29) is 5.91 Å². The summed E-state index contributed by atoms with van der Waals surface area (Å²) in [5, 5.41) is 2.48. The molecule has 1 aliphatic rings. The third-order valence-electron chi connectivity index (χ3n) is 6.19. The van der Waals surface area contributed by atoms with Crippen molar-refractivity contribution in [2.75, 3.05) is 31.1 Å². The summed E-state index contributed by atoms with van der Waals surface area (Å²) >= 11 is 18.6. The van der Waals surface area contributed by atoms with E-state index in [1.165, 1.54) is 0 Å². The largest absolute Gasteiger partial charge is 0.368 e. The van der Waals surface area contributed by atoms with Crippen molar-refractivity contribution >= 4 is 57.3 Å². The monoisotopic (exact) mass is 510 g/mol. The van der Waals surface area contributed by atoms with Gasteiger partial charge in [-0.05, 0) is 55.0 Å². The van der Waals surface area contributed by atoms with Crippen LogP contribution in [0.4, 0.5) is 5.69 Å². The normalized spacial score (nSPS) is 14.0. The highest BCUT2D eigenvalue weighted by molar-refractivity contribution is 6.42. The first-order chi connectivity index (χ1) is 16.4. The lowest BCUT2D eigenvalue weighted by Crippen LogP contribution is -2.48. The number of piperazine rings is 1. The maximum Gasteiger partial charge on any atom is 0.254 e. The van der Waals surface area contributed by atoms with Crippen LogP contribution >= 0.6 is 34.8 Å². The number of amides is 1. The number of anilines is 1. The molecule has 0 spiro atoms. The van der Waals surface area contributed by atoms with Gasteiger partial charge in [0, 0.05) is 60.2 Å². The van der Waals surface area contributed by atoms with Crippen LogP contribution in [0.15, 0.2) is 60.9 Å². The maximum atomic E-state index is 13.7. The van der Waals surface area contributed by atoms with Gasteiger partial charge in [-0.3, -0.25) is 9.78 Å². The fourth-order valence-corrected chi connectivity index (χ4v) is 4.71. The smallest absolute Gasteiger partial charge is 0.254 e. The van der Waals surface area contributed by atoms with Crippen molar-refractivity contribution in [3.05, 3.63) is 87.1 Å². The number of pyridine rings is 2. The van der Waals surface area contributed by atoms with E-state index in [0.717, 1.165) is 27.7 Å². The highest BCUT2D eigenvalue weighted by atomic mass is 35.5. The lowest BCUT2D eigenvalue weighted by atomic mass is 10.0. The number of carbonyl (C=O) groups is 1. The van der Waals surface area contributed by atoms with Crippen LogP contribution in [0.2, 0.25) is 15.1 Å². The van der Waals surface area contributed by atoms with Crippen LogP contribution in [0.5, 0.6) is 0 Å². The number of fused-ring (bicyclic) bond motifs is 1. The SMILES string of the molecule is Cc1c(Cl)ccc2c(C(=O)N3CCN(c4ccc(Cl)c(Cl)c4)CC3)cc(-c3cccnc3)nc12. The van der Waals surface area contributed by atoms with Crippen molar-refractivity contribution in [1.82, 2.24) is 14.9 Å². The summed E-state index contributed by atoms with van der Waals surface area (Å²) in [7, 11) is 0. The summed E-state index contributed by atoms with van der Waals surface area (Å²) < 4.78 is 0. The van der Waals surface area contributed by atoms with Gasteiger partial charge in [0.15, 0.2) is 0 Å². The Kier molecular flexibility index (Phi) is 6.34. The number of rotatable bonds is 3. The molecule has 0 N–H and O–H groups in total. The van der Waals surface area contributed by atoms with Crippen molar-refractivity contribution in [1.29, 1.82) is 0 Å². The first kappa shape index (κ1) is 22.9. The minimum atomic E-state index is -0.0203. The lowest BCUT2D eigenvalue weighted by Gasteiger charge is -2.36. The van der Waals surface area contributed by atoms with Crippen LogP contribution in [0.1, 0.15) is 15.9 Å². The molecule has 0 bridgehead atoms. The molecule has 34 heavy (non-hydrogen) atoms. The predicted octanol–water partition coefficient (Wildman–Crippen LogP) is 6.53. The summed E-state index contributed by atoms with van der Waals surface area (Å²) in [5.74, 6) is -0.0203. The molecule has 2 aromatic carbocycles. The Labute approximate surface area is 212 Å². The molecule has 172 valence electrons. The Morgan fingerprint density at radius 2 is 1.68 bits per heavy atom. The van der Waals surface area contributed by atoms with Gasteiger partial charge in [0.1, 0.15) is 0 Å². The van der Waals surface area contributed by atoms with Gasteiger partial charge < -0.3 is 9.80 Å².